The lowest BCUT2D eigenvalue weighted by Crippen LogP contribution is -2.39. The van der Waals surface area contributed by atoms with Gasteiger partial charge in [0.2, 0.25) is 5.82 Å². The molecule has 1 aliphatic heterocycles. The van der Waals surface area contributed by atoms with Crippen LogP contribution in [-0.2, 0) is 4.74 Å². The molecule has 1 aliphatic rings. The van der Waals surface area contributed by atoms with Gasteiger partial charge in [0, 0.05) is 39.5 Å². The fourth-order valence-electron chi connectivity index (χ4n) is 3.38. The summed E-state index contributed by atoms with van der Waals surface area (Å²) in [5.41, 5.74) is 1.01. The van der Waals surface area contributed by atoms with Gasteiger partial charge >= 0.3 is 0 Å². The lowest BCUT2D eigenvalue weighted by molar-refractivity contribution is 0.0679. The molecule has 1 fully saturated rings. The van der Waals surface area contributed by atoms with Crippen LogP contribution in [0, 0.1) is 5.92 Å². The molecule has 7 nitrogen and oxygen atoms in total. The molecule has 2 aromatic rings. The third-order valence-corrected chi connectivity index (χ3v) is 4.71. The second-order valence-electron chi connectivity index (χ2n) is 6.84. The van der Waals surface area contributed by atoms with Crippen molar-refractivity contribution in [2.24, 2.45) is 5.92 Å². The number of rotatable bonds is 6. The Kier molecular flexibility index (Phi) is 5.88. The first-order chi connectivity index (χ1) is 12.6. The SMILES string of the molecule is COCCCNC(=O)c1nc(C(=O)N2CCCC(C)C2)c2ccccn12. The van der Waals surface area contributed by atoms with E-state index in [4.69, 9.17) is 4.74 Å². The van der Waals surface area contributed by atoms with E-state index in [0.717, 1.165) is 32.4 Å². The normalized spacial score (nSPS) is 17.5. The second kappa shape index (κ2) is 8.31. The number of ether oxygens (including phenoxy) is 1. The number of methoxy groups -OCH3 is 1. The minimum absolute atomic E-state index is 0.0984. The van der Waals surface area contributed by atoms with E-state index < -0.39 is 0 Å². The number of hydrogen-bond acceptors (Lipinski definition) is 4. The van der Waals surface area contributed by atoms with Gasteiger partial charge in [0.05, 0.1) is 5.52 Å². The summed E-state index contributed by atoms with van der Waals surface area (Å²) in [4.78, 5) is 31.8. The smallest absolute Gasteiger partial charge is 0.287 e. The lowest BCUT2D eigenvalue weighted by Gasteiger charge is -2.30. The van der Waals surface area contributed by atoms with Crippen molar-refractivity contribution in [1.29, 1.82) is 0 Å². The first-order valence-corrected chi connectivity index (χ1v) is 9.15. The molecule has 1 saturated heterocycles. The Morgan fingerprint density at radius 2 is 2.23 bits per heavy atom. The number of hydrogen-bond donors (Lipinski definition) is 1. The monoisotopic (exact) mass is 358 g/mol. The standard InChI is InChI=1S/C19H26N4O3/c1-14-7-5-10-22(13-14)19(25)16-15-8-3-4-11-23(15)17(21-16)18(24)20-9-6-12-26-2/h3-4,8,11,14H,5-7,9-10,12-13H2,1-2H3,(H,20,24). The third kappa shape index (κ3) is 3.88. The van der Waals surface area contributed by atoms with Gasteiger partial charge in [0.1, 0.15) is 0 Å². The number of aromatic nitrogens is 2. The zero-order valence-corrected chi connectivity index (χ0v) is 15.4. The van der Waals surface area contributed by atoms with Crippen LogP contribution in [0.4, 0.5) is 0 Å². The molecule has 1 unspecified atom stereocenters. The van der Waals surface area contributed by atoms with Crippen molar-refractivity contribution in [2.75, 3.05) is 33.4 Å². The number of likely N-dealkylation sites (tertiary alicyclic amines) is 1. The predicted molar refractivity (Wildman–Crippen MR) is 98.3 cm³/mol. The highest BCUT2D eigenvalue weighted by atomic mass is 16.5. The number of nitrogens with zero attached hydrogens (tertiary/aromatic N) is 3. The van der Waals surface area contributed by atoms with E-state index >= 15 is 0 Å². The predicted octanol–water partition coefficient (Wildman–Crippen LogP) is 1.97. The van der Waals surface area contributed by atoms with E-state index in [1.807, 2.05) is 23.1 Å². The molecule has 0 aromatic carbocycles. The molecule has 0 bridgehead atoms. The van der Waals surface area contributed by atoms with E-state index in [9.17, 15) is 9.59 Å². The molecule has 3 rings (SSSR count). The number of fused-ring (bicyclic) bond motifs is 1. The van der Waals surface area contributed by atoms with Gasteiger partial charge in [-0.2, -0.15) is 0 Å². The van der Waals surface area contributed by atoms with E-state index in [-0.39, 0.29) is 17.6 Å². The first-order valence-electron chi connectivity index (χ1n) is 9.15. The van der Waals surface area contributed by atoms with Crippen LogP contribution >= 0.6 is 0 Å². The molecule has 7 heteroatoms. The number of pyridine rings is 1. The highest BCUT2D eigenvalue weighted by molar-refractivity contribution is 6.02. The molecule has 2 aromatic heterocycles. The molecule has 1 N–H and O–H groups in total. The maximum absolute atomic E-state index is 13.0. The number of imidazole rings is 1. The Hall–Kier alpha value is -2.41. The number of piperidine rings is 1. The number of amides is 2. The lowest BCUT2D eigenvalue weighted by atomic mass is 10.00. The fourth-order valence-corrected chi connectivity index (χ4v) is 3.38. The van der Waals surface area contributed by atoms with Gasteiger partial charge in [-0.25, -0.2) is 4.98 Å². The Labute approximate surface area is 153 Å². The van der Waals surface area contributed by atoms with E-state index in [1.165, 1.54) is 0 Å². The van der Waals surface area contributed by atoms with E-state index in [0.29, 0.717) is 30.3 Å². The summed E-state index contributed by atoms with van der Waals surface area (Å²) < 4.78 is 6.68. The van der Waals surface area contributed by atoms with Gasteiger partial charge in [-0.3, -0.25) is 14.0 Å². The van der Waals surface area contributed by atoms with Crippen LogP contribution in [0.5, 0.6) is 0 Å². The fraction of sp³-hybridized carbons (Fsp3) is 0.526. The topological polar surface area (TPSA) is 75.9 Å². The molecule has 3 heterocycles. The zero-order valence-electron chi connectivity index (χ0n) is 15.4. The van der Waals surface area contributed by atoms with Gasteiger partial charge in [-0.1, -0.05) is 13.0 Å². The molecule has 0 saturated carbocycles. The van der Waals surface area contributed by atoms with Crippen LogP contribution in [0.15, 0.2) is 24.4 Å². The van der Waals surface area contributed by atoms with Crippen molar-refractivity contribution in [3.8, 4) is 0 Å². The van der Waals surface area contributed by atoms with Gasteiger partial charge in [0.25, 0.3) is 11.8 Å². The first kappa shape index (κ1) is 18.4. The van der Waals surface area contributed by atoms with Crippen molar-refractivity contribution in [1.82, 2.24) is 19.6 Å². The quantitative estimate of drug-likeness (QED) is 0.801. The minimum atomic E-state index is -0.284. The molecular formula is C19H26N4O3. The highest BCUT2D eigenvalue weighted by Gasteiger charge is 2.27. The van der Waals surface area contributed by atoms with Crippen molar-refractivity contribution < 1.29 is 14.3 Å². The molecule has 0 aliphatic carbocycles. The van der Waals surface area contributed by atoms with Crippen molar-refractivity contribution in [3.63, 3.8) is 0 Å². The molecule has 26 heavy (non-hydrogen) atoms. The van der Waals surface area contributed by atoms with Crippen LogP contribution in [0.25, 0.3) is 5.52 Å². The molecule has 2 amide bonds. The van der Waals surface area contributed by atoms with E-state index in [1.54, 1.807) is 17.7 Å². The van der Waals surface area contributed by atoms with E-state index in [2.05, 4.69) is 17.2 Å². The summed E-state index contributed by atoms with van der Waals surface area (Å²) in [6.07, 6.45) is 4.64. The molecule has 0 radical (unpaired) electrons. The summed E-state index contributed by atoms with van der Waals surface area (Å²) >= 11 is 0. The average Bonchev–Trinajstić information content (AvgIpc) is 3.04. The Morgan fingerprint density at radius 3 is 3.00 bits per heavy atom. The van der Waals surface area contributed by atoms with Crippen molar-refractivity contribution in [3.05, 3.63) is 35.9 Å². The maximum Gasteiger partial charge on any atom is 0.287 e. The maximum atomic E-state index is 13.0. The van der Waals surface area contributed by atoms with Crippen LogP contribution in [0.1, 0.15) is 47.3 Å². The molecule has 0 spiro atoms. The minimum Gasteiger partial charge on any atom is -0.385 e. The molecule has 140 valence electrons. The summed E-state index contributed by atoms with van der Waals surface area (Å²) in [5.74, 6) is 0.351. The number of nitrogens with one attached hydrogen (secondary N) is 1. The third-order valence-electron chi connectivity index (χ3n) is 4.71. The van der Waals surface area contributed by atoms with Gasteiger partial charge in [0.15, 0.2) is 5.69 Å². The zero-order chi connectivity index (χ0) is 18.5. The summed E-state index contributed by atoms with van der Waals surface area (Å²) in [6, 6.07) is 5.51. The van der Waals surface area contributed by atoms with Crippen molar-refractivity contribution in [2.45, 2.75) is 26.2 Å². The van der Waals surface area contributed by atoms with Gasteiger partial charge in [-0.05, 0) is 37.3 Å². The number of carbonyl (C=O) groups excluding carboxylic acids is 2. The summed E-state index contributed by atoms with van der Waals surface area (Å²) in [5, 5.41) is 2.84. The largest absolute Gasteiger partial charge is 0.385 e. The van der Waals surface area contributed by atoms with Crippen molar-refractivity contribution >= 4 is 17.3 Å². The van der Waals surface area contributed by atoms with Crippen LogP contribution in [-0.4, -0.2) is 59.4 Å². The summed E-state index contributed by atoms with van der Waals surface area (Å²) in [6.45, 7) is 4.72. The Morgan fingerprint density at radius 1 is 1.38 bits per heavy atom. The highest BCUT2D eigenvalue weighted by Crippen LogP contribution is 2.20. The Balaban J connectivity index is 1.85. The molecule has 1 atom stereocenters. The van der Waals surface area contributed by atoms with Crippen LogP contribution in [0.3, 0.4) is 0 Å². The van der Waals surface area contributed by atoms with Gasteiger partial charge in [-0.15, -0.1) is 0 Å². The van der Waals surface area contributed by atoms with Crippen LogP contribution < -0.4 is 5.32 Å². The second-order valence-corrected chi connectivity index (χ2v) is 6.84. The average molecular weight is 358 g/mol. The molecular weight excluding hydrogens is 332 g/mol. The van der Waals surface area contributed by atoms with Gasteiger partial charge < -0.3 is 15.0 Å². The summed E-state index contributed by atoms with van der Waals surface area (Å²) in [7, 11) is 1.63. The van der Waals surface area contributed by atoms with Crippen LogP contribution in [0.2, 0.25) is 0 Å². The number of carbonyl (C=O) groups is 2. The Bertz CT molecular complexity index is 786.